The topological polar surface area (TPSA) is 129 Å². The van der Waals surface area contributed by atoms with Crippen LogP contribution in [0.15, 0.2) is 0 Å². The number of ketones is 1. The van der Waals surface area contributed by atoms with Crippen molar-refractivity contribution in [1.82, 2.24) is 0 Å². The number of unbranched alkanes of at least 4 members (excludes halogenated alkanes) is 1. The second kappa shape index (κ2) is 10.6. The van der Waals surface area contributed by atoms with Gasteiger partial charge in [-0.25, -0.2) is 4.79 Å². The van der Waals surface area contributed by atoms with Gasteiger partial charge in [0.15, 0.2) is 0 Å². The fraction of sp³-hybridized carbons (Fsp3) is 0.600. The van der Waals surface area contributed by atoms with E-state index in [4.69, 9.17) is 15.3 Å². The van der Waals surface area contributed by atoms with Crippen LogP contribution < -0.4 is 0 Å². The van der Waals surface area contributed by atoms with E-state index in [-0.39, 0.29) is 19.3 Å². The van der Waals surface area contributed by atoms with Crippen LogP contribution in [0, 0.1) is 0 Å². The normalized spacial score (nSPS) is 8.76. The molecule has 0 radical (unpaired) electrons. The number of rotatable bonds is 7. The number of carbonyl (C=O) groups is 4. The molecule has 3 N–H and O–H groups in total. The maximum Gasteiger partial charge on any atom is 0.372 e. The van der Waals surface area contributed by atoms with Crippen LogP contribution in [0.4, 0.5) is 0 Å². The third kappa shape index (κ3) is 16.7. The molecule has 0 rings (SSSR count). The van der Waals surface area contributed by atoms with Gasteiger partial charge in [-0.3, -0.25) is 14.4 Å². The molecule has 0 amide bonds. The highest BCUT2D eigenvalue weighted by molar-refractivity contribution is 6.32. The second-order valence-electron chi connectivity index (χ2n) is 3.12. The van der Waals surface area contributed by atoms with Gasteiger partial charge in [0.2, 0.25) is 5.78 Å². The highest BCUT2D eigenvalue weighted by atomic mass is 16.4. The number of aliphatic carboxylic acids is 3. The Kier molecular flexibility index (Phi) is 10.9. The van der Waals surface area contributed by atoms with E-state index >= 15 is 0 Å². The molecular weight excluding hydrogens is 232 g/mol. The maximum absolute atomic E-state index is 10.3. The average Bonchev–Trinajstić information content (AvgIpc) is 2.23. The predicted octanol–water partition coefficient (Wildman–Crippen LogP) is 0.766. The molecule has 0 saturated carbocycles. The Labute approximate surface area is 98.1 Å². The molecule has 7 heteroatoms. The highest BCUT2D eigenvalue weighted by Crippen LogP contribution is 1.94. The molecule has 0 bridgehead atoms. The van der Waals surface area contributed by atoms with Crippen LogP contribution in [0.3, 0.4) is 0 Å². The fourth-order valence-corrected chi connectivity index (χ4v) is 0.658. The molecule has 0 atom stereocenters. The van der Waals surface area contributed by atoms with Crippen molar-refractivity contribution in [1.29, 1.82) is 0 Å². The number of hydrogen-bond acceptors (Lipinski definition) is 4. The minimum Gasteiger partial charge on any atom is -0.481 e. The number of carboxylic acid groups (broad SMARTS) is 3. The molecule has 0 aromatic heterocycles. The van der Waals surface area contributed by atoms with Crippen molar-refractivity contribution in [2.45, 2.75) is 39.0 Å². The first-order valence-electron chi connectivity index (χ1n) is 5.01. The lowest BCUT2D eigenvalue weighted by molar-refractivity contribution is -0.149. The van der Waals surface area contributed by atoms with Gasteiger partial charge in [0, 0.05) is 6.42 Å². The van der Waals surface area contributed by atoms with Crippen LogP contribution in [-0.4, -0.2) is 39.0 Å². The van der Waals surface area contributed by atoms with Gasteiger partial charge in [-0.05, 0) is 6.42 Å². The average molecular weight is 248 g/mol. The molecular formula is C10H16O7. The van der Waals surface area contributed by atoms with Gasteiger partial charge in [0.25, 0.3) is 0 Å². The lowest BCUT2D eigenvalue weighted by atomic mass is 10.2. The molecule has 0 aliphatic rings. The molecule has 0 aromatic rings. The zero-order chi connectivity index (χ0) is 13.8. The molecule has 0 aliphatic carbocycles. The van der Waals surface area contributed by atoms with Gasteiger partial charge in [-0.1, -0.05) is 13.3 Å². The number of hydrogen-bond donors (Lipinski definition) is 3. The first kappa shape index (κ1) is 17.5. The van der Waals surface area contributed by atoms with Gasteiger partial charge < -0.3 is 15.3 Å². The summed E-state index contributed by atoms with van der Waals surface area (Å²) in [4.78, 5) is 39.4. The van der Waals surface area contributed by atoms with Crippen LogP contribution in [0.2, 0.25) is 0 Å². The lowest BCUT2D eigenvalue weighted by Gasteiger charge is -1.89. The minimum absolute atomic E-state index is 0.172. The van der Waals surface area contributed by atoms with Gasteiger partial charge >= 0.3 is 17.9 Å². The maximum atomic E-state index is 10.3. The van der Waals surface area contributed by atoms with E-state index < -0.39 is 23.7 Å². The van der Waals surface area contributed by atoms with E-state index in [0.29, 0.717) is 6.42 Å². The van der Waals surface area contributed by atoms with E-state index in [1.807, 2.05) is 6.92 Å². The summed E-state index contributed by atoms with van der Waals surface area (Å²) >= 11 is 0. The summed E-state index contributed by atoms with van der Waals surface area (Å²) in [6.45, 7) is 1.91. The molecule has 17 heavy (non-hydrogen) atoms. The molecule has 98 valence electrons. The van der Waals surface area contributed by atoms with Crippen molar-refractivity contribution in [3.05, 3.63) is 0 Å². The highest BCUT2D eigenvalue weighted by Gasteiger charge is 2.08. The van der Waals surface area contributed by atoms with Gasteiger partial charge in [-0.15, -0.1) is 0 Å². The largest absolute Gasteiger partial charge is 0.481 e. The predicted molar refractivity (Wildman–Crippen MR) is 56.7 cm³/mol. The summed E-state index contributed by atoms with van der Waals surface area (Å²) in [7, 11) is 0. The third-order valence-corrected chi connectivity index (χ3v) is 1.55. The molecule has 0 spiro atoms. The van der Waals surface area contributed by atoms with E-state index in [1.165, 1.54) is 0 Å². The number of Topliss-reactive ketones (excluding diaryl/α,β-unsaturated/α-hetero) is 1. The molecule has 0 heterocycles. The zero-order valence-corrected chi connectivity index (χ0v) is 9.51. The molecule has 0 aromatic carbocycles. The summed E-state index contributed by atoms with van der Waals surface area (Å²) < 4.78 is 0. The third-order valence-electron chi connectivity index (χ3n) is 1.55. The summed E-state index contributed by atoms with van der Waals surface area (Å²) in [6, 6.07) is 0. The van der Waals surface area contributed by atoms with Gasteiger partial charge in [0.05, 0.1) is 12.8 Å². The summed E-state index contributed by atoms with van der Waals surface area (Å²) in [5.74, 6) is -4.15. The lowest BCUT2D eigenvalue weighted by Crippen LogP contribution is -2.11. The van der Waals surface area contributed by atoms with Crippen molar-refractivity contribution in [2.24, 2.45) is 0 Å². The monoisotopic (exact) mass is 248 g/mol. The van der Waals surface area contributed by atoms with Crippen molar-refractivity contribution in [3.8, 4) is 0 Å². The van der Waals surface area contributed by atoms with Crippen molar-refractivity contribution in [2.75, 3.05) is 0 Å². The van der Waals surface area contributed by atoms with E-state index in [9.17, 15) is 19.2 Å². The van der Waals surface area contributed by atoms with Crippen LogP contribution in [0.1, 0.15) is 39.0 Å². The van der Waals surface area contributed by atoms with Crippen LogP contribution >= 0.6 is 0 Å². The number of carboxylic acids is 3. The molecule has 0 fully saturated rings. The number of carbonyl (C=O) groups excluding carboxylic acids is 1. The Morgan fingerprint density at radius 1 is 0.824 bits per heavy atom. The van der Waals surface area contributed by atoms with Crippen LogP contribution in [-0.2, 0) is 19.2 Å². The summed E-state index contributed by atoms with van der Waals surface area (Å²) in [6.07, 6.45) is 1.11. The Morgan fingerprint density at radius 3 is 1.47 bits per heavy atom. The van der Waals surface area contributed by atoms with Crippen LogP contribution in [0.5, 0.6) is 0 Å². The fourth-order valence-electron chi connectivity index (χ4n) is 0.658. The van der Waals surface area contributed by atoms with Gasteiger partial charge in [-0.2, -0.15) is 0 Å². The Hall–Kier alpha value is -1.92. The Bertz CT molecular complexity index is 268. The van der Waals surface area contributed by atoms with Crippen molar-refractivity contribution >= 4 is 23.7 Å². The molecule has 0 unspecified atom stereocenters. The quantitative estimate of drug-likeness (QED) is 0.567. The SMILES string of the molecule is CCCCC(=O)C(=O)O.O=C(O)CCC(=O)O. The zero-order valence-electron chi connectivity index (χ0n) is 9.51. The Morgan fingerprint density at radius 2 is 1.24 bits per heavy atom. The van der Waals surface area contributed by atoms with Crippen molar-refractivity contribution in [3.63, 3.8) is 0 Å². The summed E-state index contributed by atoms with van der Waals surface area (Å²) in [5.41, 5.74) is 0. The smallest absolute Gasteiger partial charge is 0.372 e. The van der Waals surface area contributed by atoms with Crippen molar-refractivity contribution < 1.29 is 34.5 Å². The van der Waals surface area contributed by atoms with E-state index in [0.717, 1.165) is 6.42 Å². The Balaban J connectivity index is 0. The van der Waals surface area contributed by atoms with E-state index in [2.05, 4.69) is 0 Å². The molecule has 0 saturated heterocycles. The second-order valence-corrected chi connectivity index (χ2v) is 3.12. The minimum atomic E-state index is -1.32. The molecule has 7 nitrogen and oxygen atoms in total. The first-order chi connectivity index (χ1) is 7.81. The van der Waals surface area contributed by atoms with E-state index in [1.54, 1.807) is 0 Å². The first-order valence-corrected chi connectivity index (χ1v) is 5.01. The standard InChI is InChI=1S/C6H10O3.C4H6O4/c1-2-3-4-5(7)6(8)9;5-3(6)1-2-4(7)8/h2-4H2,1H3,(H,8,9);1-2H2,(H,5,6)(H,7,8). The van der Waals surface area contributed by atoms with Crippen LogP contribution in [0.25, 0.3) is 0 Å². The summed E-state index contributed by atoms with van der Waals surface area (Å²) in [5, 5.41) is 23.9. The molecule has 0 aliphatic heterocycles. The van der Waals surface area contributed by atoms with Gasteiger partial charge in [0.1, 0.15) is 0 Å².